The molecule has 20 heavy (non-hydrogen) atoms. The van der Waals surface area contributed by atoms with Crippen LogP contribution in [0.3, 0.4) is 0 Å². The van der Waals surface area contributed by atoms with E-state index in [1.165, 1.54) is 6.92 Å². The van der Waals surface area contributed by atoms with Gasteiger partial charge in [0.2, 0.25) is 0 Å². The Hall–Kier alpha value is -0.250. The SMILES string of the molecule is CCOC(F)(C(C)(CC)CC)C(F)(F)C(C)(CC)CC. The summed E-state index contributed by atoms with van der Waals surface area (Å²) < 4.78 is 50.7. The Balaban J connectivity index is 6.02. The molecule has 1 atom stereocenters. The monoisotopic (exact) mass is 296 g/mol. The van der Waals surface area contributed by atoms with E-state index in [1.807, 2.05) is 0 Å². The van der Waals surface area contributed by atoms with Gasteiger partial charge < -0.3 is 4.74 Å². The molecule has 1 unspecified atom stereocenters. The van der Waals surface area contributed by atoms with E-state index in [9.17, 15) is 0 Å². The Kier molecular flexibility index (Phi) is 6.59. The van der Waals surface area contributed by atoms with Crippen molar-refractivity contribution in [2.75, 3.05) is 6.61 Å². The minimum absolute atomic E-state index is 0.0643. The fraction of sp³-hybridized carbons (Fsp3) is 1.00. The van der Waals surface area contributed by atoms with E-state index in [-0.39, 0.29) is 19.4 Å². The minimum atomic E-state index is -3.54. The van der Waals surface area contributed by atoms with Crippen LogP contribution in [0.15, 0.2) is 0 Å². The van der Waals surface area contributed by atoms with Gasteiger partial charge in [0.25, 0.3) is 5.85 Å². The van der Waals surface area contributed by atoms with Gasteiger partial charge in [0.15, 0.2) is 0 Å². The molecule has 0 amide bonds. The quantitative estimate of drug-likeness (QED) is 0.509. The predicted octanol–water partition coefficient (Wildman–Crippen LogP) is 5.98. The second-order valence-electron chi connectivity index (χ2n) is 6.14. The maximum Gasteiger partial charge on any atom is 0.311 e. The van der Waals surface area contributed by atoms with E-state index in [1.54, 1.807) is 41.5 Å². The number of hydrogen-bond donors (Lipinski definition) is 0. The molecule has 0 bridgehead atoms. The zero-order chi connectivity index (χ0) is 16.2. The van der Waals surface area contributed by atoms with Gasteiger partial charge in [0.05, 0.1) is 0 Å². The van der Waals surface area contributed by atoms with Crippen molar-refractivity contribution in [2.24, 2.45) is 10.8 Å². The third-order valence-electron chi connectivity index (χ3n) is 5.40. The summed E-state index contributed by atoms with van der Waals surface area (Å²) in [6.07, 6.45) is 1.02. The van der Waals surface area contributed by atoms with Crippen LogP contribution in [-0.2, 0) is 4.74 Å². The van der Waals surface area contributed by atoms with E-state index < -0.39 is 22.6 Å². The highest BCUT2D eigenvalue weighted by Gasteiger charge is 2.70. The van der Waals surface area contributed by atoms with Crippen LogP contribution in [0, 0.1) is 10.8 Å². The number of ether oxygens (including phenoxy) is 1. The molecule has 0 aliphatic heterocycles. The first kappa shape index (κ1) is 19.8. The molecule has 0 saturated heterocycles. The van der Waals surface area contributed by atoms with E-state index in [0.717, 1.165) is 0 Å². The van der Waals surface area contributed by atoms with Gasteiger partial charge in [-0.25, -0.2) is 4.39 Å². The average Bonchev–Trinajstić information content (AvgIpc) is 2.44. The lowest BCUT2D eigenvalue weighted by Crippen LogP contribution is -2.63. The fourth-order valence-electron chi connectivity index (χ4n) is 2.63. The van der Waals surface area contributed by atoms with Crippen molar-refractivity contribution in [1.82, 2.24) is 0 Å². The number of hydrogen-bond acceptors (Lipinski definition) is 1. The summed E-state index contributed by atoms with van der Waals surface area (Å²) in [6, 6.07) is 0. The Morgan fingerprint density at radius 1 is 0.700 bits per heavy atom. The Morgan fingerprint density at radius 2 is 1.05 bits per heavy atom. The molecule has 0 rings (SSSR count). The van der Waals surface area contributed by atoms with Crippen molar-refractivity contribution in [3.63, 3.8) is 0 Å². The molecule has 0 aliphatic rings. The number of rotatable bonds is 9. The van der Waals surface area contributed by atoms with Crippen LogP contribution in [0.2, 0.25) is 0 Å². The van der Waals surface area contributed by atoms with Crippen molar-refractivity contribution < 1.29 is 17.9 Å². The van der Waals surface area contributed by atoms with Crippen molar-refractivity contribution in [3.05, 3.63) is 0 Å². The van der Waals surface area contributed by atoms with Crippen LogP contribution in [0.1, 0.15) is 74.1 Å². The van der Waals surface area contributed by atoms with E-state index in [4.69, 9.17) is 4.74 Å². The second kappa shape index (κ2) is 6.67. The summed E-state index contributed by atoms with van der Waals surface area (Å²) in [5, 5.41) is 0. The molecule has 0 aliphatic carbocycles. The highest BCUT2D eigenvalue weighted by Crippen LogP contribution is 2.58. The topological polar surface area (TPSA) is 9.23 Å². The van der Waals surface area contributed by atoms with Gasteiger partial charge in [-0.05, 0) is 32.6 Å². The Morgan fingerprint density at radius 3 is 1.30 bits per heavy atom. The second-order valence-corrected chi connectivity index (χ2v) is 6.14. The third-order valence-corrected chi connectivity index (χ3v) is 5.40. The van der Waals surface area contributed by atoms with Gasteiger partial charge in [-0.2, -0.15) is 8.78 Å². The molecule has 0 spiro atoms. The summed E-state index contributed by atoms with van der Waals surface area (Å²) in [4.78, 5) is 0. The lowest BCUT2D eigenvalue weighted by Gasteiger charge is -2.51. The van der Waals surface area contributed by atoms with Gasteiger partial charge in [-0.15, -0.1) is 0 Å². The zero-order valence-corrected chi connectivity index (χ0v) is 14.1. The molecule has 0 N–H and O–H groups in total. The summed E-state index contributed by atoms with van der Waals surface area (Å²) in [7, 11) is 0. The van der Waals surface area contributed by atoms with Crippen LogP contribution >= 0.6 is 0 Å². The maximum atomic E-state index is 15.5. The van der Waals surface area contributed by atoms with Gasteiger partial charge in [0, 0.05) is 17.4 Å². The largest absolute Gasteiger partial charge is 0.341 e. The highest BCUT2D eigenvalue weighted by molar-refractivity contribution is 5.05. The predicted molar refractivity (Wildman–Crippen MR) is 77.8 cm³/mol. The van der Waals surface area contributed by atoms with Crippen molar-refractivity contribution in [2.45, 2.75) is 85.9 Å². The van der Waals surface area contributed by atoms with Crippen molar-refractivity contribution in [3.8, 4) is 0 Å². The van der Waals surface area contributed by atoms with E-state index >= 15 is 13.2 Å². The highest BCUT2D eigenvalue weighted by atomic mass is 19.3. The summed E-state index contributed by atoms with van der Waals surface area (Å²) >= 11 is 0. The molecule has 0 radical (unpaired) electrons. The first-order valence-corrected chi connectivity index (χ1v) is 7.76. The molecule has 4 heteroatoms. The van der Waals surface area contributed by atoms with Gasteiger partial charge in [-0.1, -0.05) is 41.5 Å². The lowest BCUT2D eigenvalue weighted by molar-refractivity contribution is -0.361. The van der Waals surface area contributed by atoms with Crippen LogP contribution < -0.4 is 0 Å². The Labute approximate surface area is 122 Å². The molecule has 0 fully saturated rings. The summed E-state index contributed by atoms with van der Waals surface area (Å²) in [5.74, 6) is -6.49. The fourth-order valence-corrected chi connectivity index (χ4v) is 2.63. The van der Waals surface area contributed by atoms with Crippen LogP contribution in [0.5, 0.6) is 0 Å². The molecule has 0 aromatic carbocycles. The van der Waals surface area contributed by atoms with Crippen LogP contribution in [0.25, 0.3) is 0 Å². The molecule has 0 heterocycles. The molecule has 1 nitrogen and oxygen atoms in total. The molecular formula is C16H31F3O. The van der Waals surface area contributed by atoms with E-state index in [0.29, 0.717) is 12.8 Å². The van der Waals surface area contributed by atoms with Gasteiger partial charge in [-0.3, -0.25) is 0 Å². The number of halogens is 3. The first-order valence-electron chi connectivity index (χ1n) is 7.76. The molecule has 122 valence electrons. The standard InChI is InChI=1S/C16H31F3O/c1-8-13(6,9-2)15(17,18)16(19,20-12-5)14(7,10-3)11-4/h8-12H2,1-7H3. The molecular weight excluding hydrogens is 265 g/mol. The average molecular weight is 296 g/mol. The normalized spacial score (nSPS) is 17.1. The molecule has 0 aromatic rings. The van der Waals surface area contributed by atoms with Gasteiger partial charge >= 0.3 is 5.92 Å². The summed E-state index contributed by atoms with van der Waals surface area (Å²) in [6.45, 7) is 11.3. The molecule has 0 aromatic heterocycles. The zero-order valence-electron chi connectivity index (χ0n) is 14.1. The van der Waals surface area contributed by atoms with E-state index in [2.05, 4.69) is 0 Å². The number of alkyl halides is 3. The van der Waals surface area contributed by atoms with Crippen LogP contribution in [0.4, 0.5) is 13.2 Å². The third kappa shape index (κ3) is 2.72. The van der Waals surface area contributed by atoms with Gasteiger partial charge in [0.1, 0.15) is 0 Å². The van der Waals surface area contributed by atoms with Crippen LogP contribution in [-0.4, -0.2) is 18.4 Å². The first-order chi connectivity index (χ1) is 9.05. The maximum absolute atomic E-state index is 15.5. The van der Waals surface area contributed by atoms with Crippen molar-refractivity contribution in [1.29, 1.82) is 0 Å². The lowest BCUT2D eigenvalue weighted by atomic mass is 9.65. The molecule has 0 saturated carbocycles. The summed E-state index contributed by atoms with van der Waals surface area (Å²) in [5.41, 5.74) is -2.62. The Bertz CT molecular complexity index is 296. The smallest absolute Gasteiger partial charge is 0.311 e. The van der Waals surface area contributed by atoms with Crippen molar-refractivity contribution >= 4 is 0 Å². The minimum Gasteiger partial charge on any atom is -0.341 e.